The summed E-state index contributed by atoms with van der Waals surface area (Å²) in [5.41, 5.74) is 45.6. The SMILES string of the molecule is CC(C)c1cc(C(C)C)c(-c2cccc(-c3c(C(C)C)cc(C(C)C)cc3C(C)C)c2NCCN(CCNc2c(-c3c(C(C)C)cc(C(C)C)cc3C(C)C)cccc2-c2c(C(C)C)cc(C(C)C)cc2C(C)C)CCNc2c(-c3c(C(C)C)cc(C(C)C)cc3C(C)C)cccc2-c2c(C(C)C)cc(C(C)C)cc2C(C)C)c(C(C)C)c1. The molecule has 0 bridgehead atoms. The van der Waals surface area contributed by atoms with Gasteiger partial charge in [0.2, 0.25) is 0 Å². The smallest absolute Gasteiger partial charge is 0.0500 e. The molecule has 0 atom stereocenters. The zero-order chi connectivity index (χ0) is 87.2. The first-order chi connectivity index (χ1) is 55.5. The van der Waals surface area contributed by atoms with Gasteiger partial charge in [-0.1, -0.05) is 377 Å². The minimum absolute atomic E-state index is 0.306. The Morgan fingerprint density at radius 3 is 0.398 bits per heavy atom. The van der Waals surface area contributed by atoms with E-state index in [9.17, 15) is 0 Å². The number of hydrogen-bond acceptors (Lipinski definition) is 4. The first-order valence-electron chi connectivity index (χ1n) is 46.9. The summed E-state index contributed by atoms with van der Waals surface area (Å²) in [7, 11) is 0. The molecule has 9 aromatic carbocycles. The number of nitrogens with one attached hydrogen (secondary N) is 3. The topological polar surface area (TPSA) is 39.3 Å². The van der Waals surface area contributed by atoms with Gasteiger partial charge in [-0.2, -0.15) is 0 Å². The lowest BCUT2D eigenvalue weighted by molar-refractivity contribution is 0.306. The fourth-order valence-corrected chi connectivity index (χ4v) is 18.4. The monoisotopic (exact) mass is 1590 g/mol. The van der Waals surface area contributed by atoms with Crippen LogP contribution in [0.1, 0.15) is 456 Å². The van der Waals surface area contributed by atoms with Crippen molar-refractivity contribution in [2.45, 2.75) is 356 Å². The number of benzene rings is 9. The number of rotatable bonds is 36. The van der Waals surface area contributed by atoms with Gasteiger partial charge in [-0.25, -0.2) is 0 Å². The number of nitrogens with zero attached hydrogens (tertiary/aromatic N) is 1. The standard InChI is InChI=1S/C114H162N4/c1-64(2)82-52-94(70(13)14)106(95(53-82)71(15)16)88-40-37-41-89(107-96(72(17)18)54-83(65(3)4)55-97(107)73(19)20)112(88)115-46-49-118(50-47-116-113-90(108-98(74(21)22)56-84(66(5)6)57-99(108)75(23)24)42-38-43-91(113)109-100(76(25)26)58-85(67(7)8)59-101(109)77(27)28)51-48-117-114-92(110-102(78(29)30)60-86(68(9)10)61-103(110)79(31)32)44-39-45-93(114)111-104(80(33)34)62-87(69(11)12)63-105(111)81(35)36/h37-45,52-81,115-117H,46-51H2,1-36H3. The van der Waals surface area contributed by atoms with Gasteiger partial charge in [-0.05, 0) is 240 Å². The van der Waals surface area contributed by atoms with E-state index in [1.54, 1.807) is 0 Å². The van der Waals surface area contributed by atoms with E-state index >= 15 is 0 Å². The second kappa shape index (κ2) is 40.4. The van der Waals surface area contributed by atoms with Gasteiger partial charge in [0.1, 0.15) is 0 Å². The maximum absolute atomic E-state index is 4.49. The van der Waals surface area contributed by atoms with Crippen LogP contribution in [0.15, 0.2) is 127 Å². The Bertz CT molecular complexity index is 3940. The lowest BCUT2D eigenvalue weighted by Crippen LogP contribution is -2.37. The predicted octanol–water partition coefficient (Wildman–Crippen LogP) is 34.8. The minimum atomic E-state index is 0.306. The molecular weight excluding hydrogens is 1430 g/mol. The van der Waals surface area contributed by atoms with E-state index in [0.717, 1.165) is 39.3 Å². The van der Waals surface area contributed by atoms with Crippen LogP contribution >= 0.6 is 0 Å². The number of para-hydroxylation sites is 3. The molecule has 3 N–H and O–H groups in total. The number of hydrogen-bond donors (Lipinski definition) is 3. The van der Waals surface area contributed by atoms with E-state index in [1.165, 1.54) is 184 Å². The van der Waals surface area contributed by atoms with E-state index in [4.69, 9.17) is 0 Å². The lowest BCUT2D eigenvalue weighted by Gasteiger charge is -2.30. The Balaban J connectivity index is 1.33. The minimum Gasteiger partial charge on any atom is -0.383 e. The molecule has 0 fully saturated rings. The summed E-state index contributed by atoms with van der Waals surface area (Å²) in [5.74, 6) is 6.09. The van der Waals surface area contributed by atoms with Gasteiger partial charge in [-0.3, -0.25) is 4.90 Å². The summed E-state index contributed by atoms with van der Waals surface area (Å²) in [6.45, 7) is 91.0. The molecule has 0 unspecified atom stereocenters. The zero-order valence-corrected chi connectivity index (χ0v) is 81.2. The van der Waals surface area contributed by atoms with Gasteiger partial charge in [-0.15, -0.1) is 0 Å². The normalized spacial score (nSPS) is 12.5. The number of anilines is 3. The van der Waals surface area contributed by atoms with Gasteiger partial charge >= 0.3 is 0 Å². The second-order valence-electron chi connectivity index (χ2n) is 41.0. The highest BCUT2D eigenvalue weighted by Gasteiger charge is 2.32. The van der Waals surface area contributed by atoms with Crippen LogP contribution in [0.2, 0.25) is 0 Å². The Hall–Kier alpha value is -7.66. The molecule has 0 spiro atoms. The van der Waals surface area contributed by atoms with Crippen LogP contribution in [-0.2, 0) is 0 Å². The molecule has 0 amide bonds. The van der Waals surface area contributed by atoms with Crippen molar-refractivity contribution >= 4 is 17.1 Å². The van der Waals surface area contributed by atoms with Crippen molar-refractivity contribution in [1.82, 2.24) is 4.90 Å². The molecule has 4 heteroatoms. The van der Waals surface area contributed by atoms with E-state index in [-0.39, 0.29) is 0 Å². The molecule has 0 aromatic heterocycles. The van der Waals surface area contributed by atoms with Crippen molar-refractivity contribution in [3.8, 4) is 66.8 Å². The summed E-state index contributed by atoms with van der Waals surface area (Å²) in [6.07, 6.45) is 0. The van der Waals surface area contributed by atoms with Crippen LogP contribution in [0.5, 0.6) is 0 Å². The largest absolute Gasteiger partial charge is 0.383 e. The molecule has 0 aliphatic rings. The van der Waals surface area contributed by atoms with Crippen molar-refractivity contribution in [2.24, 2.45) is 0 Å². The quantitative estimate of drug-likeness (QED) is 0.0366. The maximum atomic E-state index is 4.49. The fraction of sp³-hybridized carbons (Fsp3) is 0.526. The van der Waals surface area contributed by atoms with Gasteiger partial charge in [0.15, 0.2) is 0 Å². The van der Waals surface area contributed by atoms with Crippen molar-refractivity contribution in [3.63, 3.8) is 0 Å². The second-order valence-corrected chi connectivity index (χ2v) is 41.0. The van der Waals surface area contributed by atoms with E-state index in [2.05, 4.69) is 397 Å². The molecule has 0 radical (unpaired) electrons. The Morgan fingerprint density at radius 2 is 0.297 bits per heavy atom. The molecule has 9 rings (SSSR count). The third-order valence-electron chi connectivity index (χ3n) is 25.8. The molecule has 638 valence electrons. The van der Waals surface area contributed by atoms with E-state index < -0.39 is 0 Å². The molecular formula is C114H162N4. The Morgan fingerprint density at radius 1 is 0.178 bits per heavy atom. The maximum Gasteiger partial charge on any atom is 0.0500 e. The molecule has 0 heterocycles. The van der Waals surface area contributed by atoms with Crippen LogP contribution in [0.25, 0.3) is 66.8 Å². The highest BCUT2D eigenvalue weighted by molar-refractivity contribution is 5.98. The Kier molecular flexibility index (Phi) is 32.2. The molecule has 0 saturated carbocycles. The summed E-state index contributed by atoms with van der Waals surface area (Å²) < 4.78 is 0. The third kappa shape index (κ3) is 20.9. The molecule has 118 heavy (non-hydrogen) atoms. The van der Waals surface area contributed by atoms with Crippen LogP contribution in [0, 0.1) is 0 Å². The highest BCUT2D eigenvalue weighted by Crippen LogP contribution is 2.53. The van der Waals surface area contributed by atoms with Crippen LogP contribution in [-0.4, -0.2) is 44.2 Å². The average molecular weight is 1590 g/mol. The average Bonchev–Trinajstić information content (AvgIpc) is 0.756. The summed E-state index contributed by atoms with van der Waals surface area (Å²) in [6, 6.07) is 52.6. The van der Waals surface area contributed by atoms with Crippen LogP contribution in [0.3, 0.4) is 0 Å². The summed E-state index contributed by atoms with van der Waals surface area (Å²) >= 11 is 0. The fourth-order valence-electron chi connectivity index (χ4n) is 18.4. The lowest BCUT2D eigenvalue weighted by atomic mass is 9.78. The molecule has 0 saturated heterocycles. The summed E-state index contributed by atoms with van der Waals surface area (Å²) in [5, 5.41) is 13.5. The highest BCUT2D eigenvalue weighted by atomic mass is 15.2. The Labute approximate surface area is 722 Å². The van der Waals surface area contributed by atoms with Crippen molar-refractivity contribution in [3.05, 3.63) is 228 Å². The van der Waals surface area contributed by atoms with Gasteiger partial charge in [0.05, 0.1) is 0 Å². The molecule has 9 aromatic rings. The summed E-state index contributed by atoms with van der Waals surface area (Å²) in [4.78, 5) is 2.80. The van der Waals surface area contributed by atoms with E-state index in [0.29, 0.717) is 107 Å². The van der Waals surface area contributed by atoms with E-state index in [1.807, 2.05) is 0 Å². The van der Waals surface area contributed by atoms with Gasteiger partial charge in [0, 0.05) is 89.7 Å². The third-order valence-corrected chi connectivity index (χ3v) is 25.8. The van der Waals surface area contributed by atoms with Crippen molar-refractivity contribution < 1.29 is 0 Å². The van der Waals surface area contributed by atoms with Crippen molar-refractivity contribution in [2.75, 3.05) is 55.2 Å². The predicted molar refractivity (Wildman–Crippen MR) is 527 cm³/mol. The molecule has 4 nitrogen and oxygen atoms in total. The van der Waals surface area contributed by atoms with Crippen molar-refractivity contribution in [1.29, 1.82) is 0 Å². The van der Waals surface area contributed by atoms with Crippen LogP contribution in [0.4, 0.5) is 17.1 Å². The first-order valence-corrected chi connectivity index (χ1v) is 46.9. The van der Waals surface area contributed by atoms with Gasteiger partial charge in [0.25, 0.3) is 0 Å². The molecule has 0 aliphatic carbocycles. The first kappa shape index (κ1) is 94.2. The molecule has 0 aliphatic heterocycles. The van der Waals surface area contributed by atoms with Gasteiger partial charge < -0.3 is 16.0 Å². The van der Waals surface area contributed by atoms with Crippen LogP contribution < -0.4 is 16.0 Å². The zero-order valence-electron chi connectivity index (χ0n) is 81.2.